The lowest BCUT2D eigenvalue weighted by atomic mass is 9.98. The summed E-state index contributed by atoms with van der Waals surface area (Å²) in [6.45, 7) is 4.27. The Hall–Kier alpha value is -2.77. The van der Waals surface area contributed by atoms with Crippen LogP contribution in [0.15, 0.2) is 33.3 Å². The molecule has 0 saturated carbocycles. The quantitative estimate of drug-likeness (QED) is 0.329. The van der Waals surface area contributed by atoms with Crippen LogP contribution in [0.4, 0.5) is 0 Å². The number of hydrogen-bond acceptors (Lipinski definition) is 11. The van der Waals surface area contributed by atoms with E-state index in [-0.39, 0.29) is 12.4 Å². The summed E-state index contributed by atoms with van der Waals surface area (Å²) in [5, 5.41) is 0.723. The molecule has 2 aromatic rings. The van der Waals surface area contributed by atoms with Gasteiger partial charge in [0, 0.05) is 43.8 Å². The number of ether oxygens (including phenoxy) is 6. The molecule has 1 aromatic carbocycles. The summed E-state index contributed by atoms with van der Waals surface area (Å²) < 4.78 is 34.7. The summed E-state index contributed by atoms with van der Waals surface area (Å²) in [6.07, 6.45) is -4.93. The molecule has 1 aliphatic rings. The van der Waals surface area contributed by atoms with Crippen molar-refractivity contribution in [2.75, 3.05) is 6.61 Å². The molecule has 0 radical (unpaired) electrons. The number of esters is 4. The molecule has 0 aliphatic carbocycles. The van der Waals surface area contributed by atoms with Crippen LogP contribution < -0.4 is 4.74 Å². The van der Waals surface area contributed by atoms with Gasteiger partial charge in [0.25, 0.3) is 0 Å². The summed E-state index contributed by atoms with van der Waals surface area (Å²) in [4.78, 5) is 51.7. The number of fused-ring (bicyclic) bond motifs is 1. The zero-order valence-corrected chi connectivity index (χ0v) is 22.9. The molecule has 1 saturated heterocycles. The number of halogens is 2. The van der Waals surface area contributed by atoms with Gasteiger partial charge in [-0.1, -0.05) is 22.0 Å². The van der Waals surface area contributed by atoms with Crippen molar-refractivity contribution >= 4 is 66.6 Å². The molecule has 0 spiro atoms. The third-order valence-electron chi connectivity index (χ3n) is 4.93. The topological polar surface area (TPSA) is 137 Å². The van der Waals surface area contributed by atoms with E-state index in [0.29, 0.717) is 9.99 Å². The molecular formula is C23H23Br2NO10. The molecule has 1 aromatic heterocycles. The van der Waals surface area contributed by atoms with Crippen LogP contribution in [0.25, 0.3) is 10.9 Å². The molecule has 36 heavy (non-hydrogen) atoms. The first-order valence-electron chi connectivity index (χ1n) is 10.7. The number of benzene rings is 1. The van der Waals surface area contributed by atoms with Gasteiger partial charge in [-0.15, -0.1) is 0 Å². The fourth-order valence-electron chi connectivity index (χ4n) is 3.66. The minimum atomic E-state index is -1.38. The third-order valence-corrected chi connectivity index (χ3v) is 6.18. The van der Waals surface area contributed by atoms with E-state index >= 15 is 0 Å². The lowest BCUT2D eigenvalue weighted by Gasteiger charge is -2.44. The molecule has 3 rings (SSSR count). The first-order chi connectivity index (χ1) is 17.0. The Morgan fingerprint density at radius 1 is 0.889 bits per heavy atom. The third kappa shape index (κ3) is 6.71. The van der Waals surface area contributed by atoms with Gasteiger partial charge in [-0.05, 0) is 28.1 Å². The van der Waals surface area contributed by atoms with Gasteiger partial charge in [-0.3, -0.25) is 24.2 Å². The molecule has 1 fully saturated rings. The zero-order chi connectivity index (χ0) is 26.6. The maximum absolute atomic E-state index is 12.0. The molecular weight excluding hydrogens is 610 g/mol. The van der Waals surface area contributed by atoms with Crippen LogP contribution in [0.2, 0.25) is 0 Å². The Bertz CT molecular complexity index is 1170. The van der Waals surface area contributed by atoms with E-state index in [0.717, 1.165) is 30.6 Å². The predicted molar refractivity (Wildman–Crippen MR) is 130 cm³/mol. The Morgan fingerprint density at radius 3 is 2.11 bits per heavy atom. The van der Waals surface area contributed by atoms with Crippen LogP contribution in [-0.2, 0) is 42.9 Å². The lowest BCUT2D eigenvalue weighted by Crippen LogP contribution is -2.63. The summed E-state index contributed by atoms with van der Waals surface area (Å²) in [7, 11) is 0. The molecule has 0 bridgehead atoms. The first kappa shape index (κ1) is 27.8. The molecule has 2 heterocycles. The van der Waals surface area contributed by atoms with E-state index in [1.807, 2.05) is 6.07 Å². The van der Waals surface area contributed by atoms with E-state index in [2.05, 4.69) is 36.8 Å². The van der Waals surface area contributed by atoms with E-state index in [1.165, 1.54) is 6.92 Å². The molecule has 1 aliphatic heterocycles. The minimum Gasteiger partial charge on any atom is -0.463 e. The second kappa shape index (κ2) is 12.0. The highest BCUT2D eigenvalue weighted by atomic mass is 79.9. The van der Waals surface area contributed by atoms with Gasteiger partial charge in [0.2, 0.25) is 12.4 Å². The van der Waals surface area contributed by atoms with Crippen molar-refractivity contribution in [3.63, 3.8) is 0 Å². The Morgan fingerprint density at radius 2 is 1.50 bits per heavy atom. The first-order valence-corrected chi connectivity index (χ1v) is 12.3. The largest absolute Gasteiger partial charge is 0.463 e. The van der Waals surface area contributed by atoms with Crippen molar-refractivity contribution < 1.29 is 47.6 Å². The summed E-state index contributed by atoms with van der Waals surface area (Å²) in [5.74, 6) is -2.56. The summed E-state index contributed by atoms with van der Waals surface area (Å²) >= 11 is 6.93. The highest BCUT2D eigenvalue weighted by molar-refractivity contribution is 9.11. The van der Waals surface area contributed by atoms with Crippen molar-refractivity contribution in [2.45, 2.75) is 58.4 Å². The molecule has 0 amide bonds. The Kier molecular flexibility index (Phi) is 9.25. The van der Waals surface area contributed by atoms with Crippen molar-refractivity contribution in [3.05, 3.63) is 33.3 Å². The summed E-state index contributed by atoms with van der Waals surface area (Å²) in [5.41, 5.74) is 0.451. The van der Waals surface area contributed by atoms with Crippen LogP contribution in [0.5, 0.6) is 5.75 Å². The van der Waals surface area contributed by atoms with E-state index < -0.39 is 54.6 Å². The normalized spacial score (nSPS) is 23.4. The lowest BCUT2D eigenvalue weighted by molar-refractivity contribution is -0.288. The number of carbonyl (C=O) groups is 4. The number of nitrogens with zero attached hydrogens (tertiary/aromatic N) is 1. The molecule has 5 unspecified atom stereocenters. The van der Waals surface area contributed by atoms with Gasteiger partial charge < -0.3 is 28.4 Å². The van der Waals surface area contributed by atoms with Crippen LogP contribution in [0, 0.1) is 0 Å². The van der Waals surface area contributed by atoms with Gasteiger partial charge in [0.1, 0.15) is 18.2 Å². The predicted octanol–water partition coefficient (Wildman–Crippen LogP) is 3.22. The SMILES string of the molecule is CC(=O)OCC1OC(Oc2c(Br)cc(Br)c3cccnc23)C(OC(C)=O)C(OC(C)=O)C1OC(C)=O. The smallest absolute Gasteiger partial charge is 0.303 e. The average molecular weight is 633 g/mol. The van der Waals surface area contributed by atoms with Gasteiger partial charge in [0.15, 0.2) is 18.0 Å². The number of carbonyl (C=O) groups excluding carboxylic acids is 4. The highest BCUT2D eigenvalue weighted by Gasteiger charge is 2.53. The average Bonchev–Trinajstić information content (AvgIpc) is 2.78. The highest BCUT2D eigenvalue weighted by Crippen LogP contribution is 2.40. The molecule has 0 N–H and O–H groups in total. The maximum atomic E-state index is 12.0. The van der Waals surface area contributed by atoms with Crippen molar-refractivity contribution in [3.8, 4) is 5.75 Å². The number of hydrogen-bond donors (Lipinski definition) is 0. The molecule has 13 heteroatoms. The van der Waals surface area contributed by atoms with Crippen LogP contribution in [-0.4, -0.2) is 66.2 Å². The van der Waals surface area contributed by atoms with Crippen molar-refractivity contribution in [1.82, 2.24) is 4.98 Å². The van der Waals surface area contributed by atoms with Crippen LogP contribution in [0.1, 0.15) is 27.7 Å². The second-order valence-electron chi connectivity index (χ2n) is 7.75. The van der Waals surface area contributed by atoms with Crippen LogP contribution in [0.3, 0.4) is 0 Å². The van der Waals surface area contributed by atoms with Crippen molar-refractivity contribution in [2.24, 2.45) is 0 Å². The number of pyridine rings is 1. The minimum absolute atomic E-state index is 0.245. The zero-order valence-electron chi connectivity index (χ0n) is 19.7. The Balaban J connectivity index is 2.10. The molecule has 11 nitrogen and oxygen atoms in total. The van der Waals surface area contributed by atoms with Gasteiger partial charge in [0.05, 0.1) is 4.47 Å². The van der Waals surface area contributed by atoms with Crippen molar-refractivity contribution in [1.29, 1.82) is 0 Å². The second-order valence-corrected chi connectivity index (χ2v) is 9.46. The standard InChI is InChI=1S/C23H23Br2NO10/c1-10(27)31-9-17-20(32-11(2)28)21(33-12(3)29)22(34-13(4)30)23(35-17)36-19-16(25)8-15(24)14-6-5-7-26-18(14)19/h5-8,17,20-23H,9H2,1-4H3. The Labute approximate surface area is 222 Å². The fourth-order valence-corrected chi connectivity index (χ4v) is 5.02. The van der Waals surface area contributed by atoms with Gasteiger partial charge in [-0.25, -0.2) is 0 Å². The monoisotopic (exact) mass is 631 g/mol. The van der Waals surface area contributed by atoms with Crippen LogP contribution >= 0.6 is 31.9 Å². The molecule has 194 valence electrons. The van der Waals surface area contributed by atoms with E-state index in [1.54, 1.807) is 18.3 Å². The summed E-state index contributed by atoms with van der Waals surface area (Å²) in [6, 6.07) is 5.31. The number of aromatic nitrogens is 1. The van der Waals surface area contributed by atoms with Gasteiger partial charge >= 0.3 is 23.9 Å². The molecule has 5 atom stereocenters. The fraction of sp³-hybridized carbons (Fsp3) is 0.435. The van der Waals surface area contributed by atoms with Gasteiger partial charge in [-0.2, -0.15) is 0 Å². The van der Waals surface area contributed by atoms with E-state index in [4.69, 9.17) is 28.4 Å². The maximum Gasteiger partial charge on any atom is 0.303 e. The number of rotatable bonds is 7. The van der Waals surface area contributed by atoms with E-state index in [9.17, 15) is 19.2 Å².